The minimum Gasteiger partial charge on any atom is -0.479 e. The molecule has 0 bridgehead atoms. The van der Waals surface area contributed by atoms with Crippen LogP contribution >= 0.6 is 0 Å². The van der Waals surface area contributed by atoms with E-state index < -0.39 is 0 Å². The van der Waals surface area contributed by atoms with E-state index in [1.165, 1.54) is 7.11 Å². The number of nitrogens with two attached hydrogens (primary N) is 1. The minimum absolute atomic E-state index is 0.0357. The zero-order valence-corrected chi connectivity index (χ0v) is 9.27. The van der Waals surface area contributed by atoms with Crippen molar-refractivity contribution in [2.45, 2.75) is 0 Å². The largest absolute Gasteiger partial charge is 0.479 e. The molecule has 1 aromatic rings. The summed E-state index contributed by atoms with van der Waals surface area (Å²) in [5.41, 5.74) is 6.13. The van der Waals surface area contributed by atoms with Gasteiger partial charge in [-0.1, -0.05) is 0 Å². The lowest BCUT2D eigenvalue weighted by Gasteiger charge is -2.08. The Morgan fingerprint density at radius 3 is 2.94 bits per heavy atom. The smallest absolute Gasteiger partial charge is 0.238 e. The predicted octanol–water partition coefficient (Wildman–Crippen LogP) is 0.0932. The van der Waals surface area contributed by atoms with E-state index in [0.29, 0.717) is 37.1 Å². The number of hydrogen-bond acceptors (Lipinski definition) is 6. The summed E-state index contributed by atoms with van der Waals surface area (Å²) in [6, 6.07) is 3.49. The van der Waals surface area contributed by atoms with E-state index >= 15 is 0 Å². The standard InChI is InChI=1S/C10H17N3O3/c1-15-10-8(11)2-3-9(13-10)12-4-6-16-7-5-14/h2-3,14H,4-7,11H2,1H3,(H,12,13). The van der Waals surface area contributed by atoms with Crippen molar-refractivity contribution in [3.8, 4) is 5.88 Å². The van der Waals surface area contributed by atoms with Gasteiger partial charge >= 0.3 is 0 Å². The van der Waals surface area contributed by atoms with E-state index in [9.17, 15) is 0 Å². The highest BCUT2D eigenvalue weighted by molar-refractivity contribution is 5.53. The second kappa shape index (κ2) is 6.86. The highest BCUT2D eigenvalue weighted by Gasteiger charge is 2.01. The number of anilines is 2. The van der Waals surface area contributed by atoms with Gasteiger partial charge in [-0.25, -0.2) is 0 Å². The summed E-state index contributed by atoms with van der Waals surface area (Å²) in [5.74, 6) is 1.08. The molecule has 6 nitrogen and oxygen atoms in total. The SMILES string of the molecule is COc1nc(NCCOCCO)ccc1N. The molecule has 16 heavy (non-hydrogen) atoms. The molecule has 0 aliphatic carbocycles. The van der Waals surface area contributed by atoms with Crippen LogP contribution in [-0.2, 0) is 4.74 Å². The Kier molecular flexibility index (Phi) is 5.38. The molecule has 90 valence electrons. The van der Waals surface area contributed by atoms with E-state index in [1.807, 2.05) is 0 Å². The molecule has 0 saturated carbocycles. The van der Waals surface area contributed by atoms with Gasteiger partial charge in [0.2, 0.25) is 5.88 Å². The fraction of sp³-hybridized carbons (Fsp3) is 0.500. The van der Waals surface area contributed by atoms with Gasteiger partial charge in [-0.15, -0.1) is 0 Å². The molecule has 0 aromatic carbocycles. The lowest BCUT2D eigenvalue weighted by Crippen LogP contribution is -2.12. The molecule has 0 amide bonds. The maximum absolute atomic E-state index is 8.49. The molecule has 0 spiro atoms. The van der Waals surface area contributed by atoms with Gasteiger partial charge in [-0.3, -0.25) is 0 Å². The van der Waals surface area contributed by atoms with Crippen molar-refractivity contribution in [2.75, 3.05) is 44.5 Å². The fourth-order valence-corrected chi connectivity index (χ4v) is 1.13. The number of aliphatic hydroxyl groups excluding tert-OH is 1. The van der Waals surface area contributed by atoms with Gasteiger partial charge < -0.3 is 25.6 Å². The van der Waals surface area contributed by atoms with Crippen LogP contribution in [0.25, 0.3) is 0 Å². The Bertz CT molecular complexity index is 320. The van der Waals surface area contributed by atoms with Gasteiger partial charge in [0.25, 0.3) is 0 Å². The monoisotopic (exact) mass is 227 g/mol. The van der Waals surface area contributed by atoms with Crippen molar-refractivity contribution in [3.05, 3.63) is 12.1 Å². The van der Waals surface area contributed by atoms with Crippen LogP contribution in [0.3, 0.4) is 0 Å². The summed E-state index contributed by atoms with van der Waals surface area (Å²) in [4.78, 5) is 4.15. The average Bonchev–Trinajstić information content (AvgIpc) is 2.31. The lowest BCUT2D eigenvalue weighted by atomic mass is 10.4. The molecule has 0 atom stereocenters. The Balaban J connectivity index is 2.36. The molecule has 0 radical (unpaired) electrons. The topological polar surface area (TPSA) is 89.6 Å². The number of pyridine rings is 1. The van der Waals surface area contributed by atoms with Gasteiger partial charge in [0.15, 0.2) is 0 Å². The van der Waals surface area contributed by atoms with Crippen molar-refractivity contribution in [3.63, 3.8) is 0 Å². The normalized spacial score (nSPS) is 10.1. The number of rotatable bonds is 7. The van der Waals surface area contributed by atoms with Crippen LogP contribution < -0.4 is 15.8 Å². The van der Waals surface area contributed by atoms with Crippen molar-refractivity contribution < 1.29 is 14.6 Å². The van der Waals surface area contributed by atoms with Crippen LogP contribution in [0.4, 0.5) is 11.5 Å². The molecular formula is C10H17N3O3. The number of ether oxygens (including phenoxy) is 2. The van der Waals surface area contributed by atoms with Crippen LogP contribution in [-0.4, -0.2) is 43.6 Å². The number of nitrogens with one attached hydrogen (secondary N) is 1. The first-order valence-corrected chi connectivity index (χ1v) is 5.01. The van der Waals surface area contributed by atoms with Crippen molar-refractivity contribution in [1.29, 1.82) is 0 Å². The van der Waals surface area contributed by atoms with Crippen LogP contribution in [0.1, 0.15) is 0 Å². The van der Waals surface area contributed by atoms with Crippen LogP contribution in [0.5, 0.6) is 5.88 Å². The minimum atomic E-state index is 0.0357. The highest BCUT2D eigenvalue weighted by atomic mass is 16.5. The van der Waals surface area contributed by atoms with Gasteiger partial charge in [-0.05, 0) is 12.1 Å². The third-order valence-electron chi connectivity index (χ3n) is 1.87. The van der Waals surface area contributed by atoms with Gasteiger partial charge in [0.1, 0.15) is 5.82 Å². The van der Waals surface area contributed by atoms with E-state index in [4.69, 9.17) is 20.3 Å². The van der Waals surface area contributed by atoms with E-state index in [1.54, 1.807) is 12.1 Å². The van der Waals surface area contributed by atoms with Crippen molar-refractivity contribution in [2.24, 2.45) is 0 Å². The first-order chi connectivity index (χ1) is 7.77. The van der Waals surface area contributed by atoms with E-state index in [0.717, 1.165) is 0 Å². The number of aliphatic hydroxyl groups is 1. The quantitative estimate of drug-likeness (QED) is 0.572. The number of aromatic nitrogens is 1. The summed E-state index contributed by atoms with van der Waals surface area (Å²) in [6.07, 6.45) is 0. The molecule has 1 heterocycles. The van der Waals surface area contributed by atoms with Crippen LogP contribution in [0.2, 0.25) is 0 Å². The number of hydrogen-bond donors (Lipinski definition) is 3. The fourth-order valence-electron chi connectivity index (χ4n) is 1.13. The second-order valence-electron chi connectivity index (χ2n) is 3.06. The van der Waals surface area contributed by atoms with Gasteiger partial charge in [0, 0.05) is 6.54 Å². The Morgan fingerprint density at radius 1 is 1.44 bits per heavy atom. The molecule has 1 rings (SSSR count). The first-order valence-electron chi connectivity index (χ1n) is 5.01. The van der Waals surface area contributed by atoms with Crippen LogP contribution in [0.15, 0.2) is 12.1 Å². The first kappa shape index (κ1) is 12.5. The zero-order valence-electron chi connectivity index (χ0n) is 9.27. The molecular weight excluding hydrogens is 210 g/mol. The van der Waals surface area contributed by atoms with Gasteiger partial charge in [-0.2, -0.15) is 4.98 Å². The third kappa shape index (κ3) is 3.92. The lowest BCUT2D eigenvalue weighted by molar-refractivity contribution is 0.0992. The predicted molar refractivity (Wildman–Crippen MR) is 61.6 cm³/mol. The summed E-state index contributed by atoms with van der Waals surface area (Å²) in [5, 5.41) is 11.5. The second-order valence-corrected chi connectivity index (χ2v) is 3.06. The molecule has 0 fully saturated rings. The van der Waals surface area contributed by atoms with Crippen LogP contribution in [0, 0.1) is 0 Å². The maximum atomic E-state index is 8.49. The summed E-state index contributed by atoms with van der Waals surface area (Å²) < 4.78 is 10.1. The molecule has 4 N–H and O–H groups in total. The van der Waals surface area contributed by atoms with Gasteiger partial charge in [0.05, 0.1) is 32.6 Å². The van der Waals surface area contributed by atoms with E-state index in [2.05, 4.69) is 10.3 Å². The highest BCUT2D eigenvalue weighted by Crippen LogP contribution is 2.19. The number of nitrogens with zero attached hydrogens (tertiary/aromatic N) is 1. The number of nitrogen functional groups attached to an aromatic ring is 1. The number of methoxy groups -OCH3 is 1. The molecule has 0 unspecified atom stereocenters. The molecule has 6 heteroatoms. The Morgan fingerprint density at radius 2 is 2.25 bits per heavy atom. The molecule has 0 aliphatic heterocycles. The van der Waals surface area contributed by atoms with Crippen molar-refractivity contribution >= 4 is 11.5 Å². The Hall–Kier alpha value is -1.53. The molecule has 0 saturated heterocycles. The third-order valence-corrected chi connectivity index (χ3v) is 1.87. The van der Waals surface area contributed by atoms with E-state index in [-0.39, 0.29) is 6.61 Å². The maximum Gasteiger partial charge on any atom is 0.238 e. The zero-order chi connectivity index (χ0) is 11.8. The molecule has 1 aromatic heterocycles. The summed E-state index contributed by atoms with van der Waals surface area (Å²) in [6.45, 7) is 1.50. The average molecular weight is 227 g/mol. The summed E-state index contributed by atoms with van der Waals surface area (Å²) >= 11 is 0. The Labute approximate surface area is 94.4 Å². The van der Waals surface area contributed by atoms with Crippen molar-refractivity contribution in [1.82, 2.24) is 4.98 Å². The molecule has 0 aliphatic rings. The summed E-state index contributed by atoms with van der Waals surface area (Å²) in [7, 11) is 1.52.